The molecule has 0 bridgehead atoms. The zero-order valence-electron chi connectivity index (χ0n) is 18.5. The molecular weight excluding hydrogens is 390 g/mol. The van der Waals surface area contributed by atoms with Gasteiger partial charge in [0.15, 0.2) is 0 Å². The van der Waals surface area contributed by atoms with Crippen molar-refractivity contribution in [1.82, 2.24) is 4.90 Å². The van der Waals surface area contributed by atoms with E-state index < -0.39 is 0 Å². The summed E-state index contributed by atoms with van der Waals surface area (Å²) in [5.74, 6) is 0.567. The van der Waals surface area contributed by atoms with Crippen molar-refractivity contribution in [1.29, 1.82) is 0 Å². The molecule has 4 aliphatic rings. The van der Waals surface area contributed by atoms with Crippen LogP contribution in [0.5, 0.6) is 0 Å². The third-order valence-corrected chi connectivity index (χ3v) is 8.08. The fourth-order valence-electron chi connectivity index (χ4n) is 6.22. The van der Waals surface area contributed by atoms with Crippen molar-refractivity contribution < 1.29 is 14.7 Å². The van der Waals surface area contributed by atoms with E-state index in [9.17, 15) is 14.7 Å². The molecule has 3 heterocycles. The number of aliphatic hydroxyl groups excluding tert-OH is 1. The molecule has 31 heavy (non-hydrogen) atoms. The second-order valence-electron chi connectivity index (χ2n) is 10.0. The number of piperidine rings is 2. The van der Waals surface area contributed by atoms with E-state index in [1.165, 1.54) is 0 Å². The minimum atomic E-state index is -0.254. The van der Waals surface area contributed by atoms with Gasteiger partial charge in [0.1, 0.15) is 0 Å². The average molecular weight is 426 g/mol. The standard InChI is InChI=1S/C25H35N3O3/c29-22-11-9-21(10-12-22)28-17-14-25(24(28)31)13-3-15-26(18-25)19-5-7-20(8-6-19)27-16-2-1-4-23(27)30/h5-8,21-22,29H,1-4,9-18H2/t21?,22?,25-/m1/s1. The highest BCUT2D eigenvalue weighted by Crippen LogP contribution is 2.43. The van der Waals surface area contributed by atoms with Crippen LogP contribution in [-0.2, 0) is 9.59 Å². The van der Waals surface area contributed by atoms with Crippen LogP contribution in [0, 0.1) is 5.41 Å². The number of hydrogen-bond acceptors (Lipinski definition) is 4. The van der Waals surface area contributed by atoms with E-state index in [0.717, 1.165) is 95.3 Å². The average Bonchev–Trinajstić information content (AvgIpc) is 3.10. The van der Waals surface area contributed by atoms with Crippen LogP contribution < -0.4 is 9.80 Å². The molecule has 1 aromatic rings. The second kappa shape index (κ2) is 8.45. The predicted octanol–water partition coefficient (Wildman–Crippen LogP) is 3.33. The monoisotopic (exact) mass is 425 g/mol. The first kappa shape index (κ1) is 20.8. The van der Waals surface area contributed by atoms with Gasteiger partial charge in [-0.15, -0.1) is 0 Å². The van der Waals surface area contributed by atoms with Gasteiger partial charge in [-0.2, -0.15) is 0 Å². The molecule has 168 valence electrons. The molecule has 6 nitrogen and oxygen atoms in total. The molecule has 3 saturated heterocycles. The first-order valence-corrected chi connectivity index (χ1v) is 12.2. The molecular formula is C25H35N3O3. The smallest absolute Gasteiger partial charge is 0.230 e. The van der Waals surface area contributed by atoms with Crippen molar-refractivity contribution in [3.8, 4) is 0 Å². The Balaban J connectivity index is 1.27. The second-order valence-corrected chi connectivity index (χ2v) is 10.0. The van der Waals surface area contributed by atoms with Gasteiger partial charge in [-0.05, 0) is 82.1 Å². The van der Waals surface area contributed by atoms with Crippen molar-refractivity contribution in [3.05, 3.63) is 24.3 Å². The normalized spacial score (nSPS) is 32.2. The van der Waals surface area contributed by atoms with Crippen molar-refractivity contribution in [2.45, 2.75) is 76.4 Å². The molecule has 4 fully saturated rings. The van der Waals surface area contributed by atoms with E-state index in [1.54, 1.807) is 0 Å². The lowest BCUT2D eigenvalue weighted by Crippen LogP contribution is -2.50. The quantitative estimate of drug-likeness (QED) is 0.807. The molecule has 0 aromatic heterocycles. The largest absolute Gasteiger partial charge is 0.393 e. The third-order valence-electron chi connectivity index (χ3n) is 8.08. The Morgan fingerprint density at radius 3 is 2.32 bits per heavy atom. The van der Waals surface area contributed by atoms with Crippen molar-refractivity contribution >= 4 is 23.2 Å². The molecule has 1 atom stereocenters. The van der Waals surface area contributed by atoms with Crippen LogP contribution in [0.2, 0.25) is 0 Å². The number of carbonyl (C=O) groups excluding carboxylic acids is 2. The number of benzene rings is 1. The number of carbonyl (C=O) groups is 2. The lowest BCUT2D eigenvalue weighted by molar-refractivity contribution is -0.139. The summed E-state index contributed by atoms with van der Waals surface area (Å²) < 4.78 is 0. The van der Waals surface area contributed by atoms with Gasteiger partial charge in [-0.1, -0.05) is 0 Å². The summed E-state index contributed by atoms with van der Waals surface area (Å²) in [4.78, 5) is 32.2. The van der Waals surface area contributed by atoms with E-state index in [2.05, 4.69) is 34.1 Å². The molecule has 6 heteroatoms. The number of rotatable bonds is 3. The number of anilines is 2. The molecule has 1 aromatic carbocycles. The Labute approximate surface area is 185 Å². The highest BCUT2D eigenvalue weighted by atomic mass is 16.3. The number of amides is 2. The summed E-state index contributed by atoms with van der Waals surface area (Å²) in [6, 6.07) is 8.68. The summed E-state index contributed by atoms with van der Waals surface area (Å²) in [5, 5.41) is 9.82. The van der Waals surface area contributed by atoms with Gasteiger partial charge in [-0.3, -0.25) is 9.59 Å². The van der Waals surface area contributed by atoms with E-state index in [4.69, 9.17) is 0 Å². The summed E-state index contributed by atoms with van der Waals surface area (Å²) in [6.07, 6.45) is 9.00. The molecule has 2 amide bonds. The number of hydrogen-bond donors (Lipinski definition) is 1. The lowest BCUT2D eigenvalue weighted by Gasteiger charge is -2.41. The molecule has 5 rings (SSSR count). The maximum absolute atomic E-state index is 13.5. The van der Waals surface area contributed by atoms with Crippen LogP contribution in [0.1, 0.15) is 64.2 Å². The molecule has 0 radical (unpaired) electrons. The maximum atomic E-state index is 13.5. The third kappa shape index (κ3) is 3.95. The van der Waals surface area contributed by atoms with Gasteiger partial charge >= 0.3 is 0 Å². The first-order chi connectivity index (χ1) is 15.1. The lowest BCUT2D eigenvalue weighted by atomic mass is 9.78. The van der Waals surface area contributed by atoms with E-state index >= 15 is 0 Å². The summed E-state index contributed by atoms with van der Waals surface area (Å²) >= 11 is 0. The maximum Gasteiger partial charge on any atom is 0.230 e. The van der Waals surface area contributed by atoms with Gasteiger partial charge in [0.25, 0.3) is 0 Å². The van der Waals surface area contributed by atoms with Gasteiger partial charge in [0.05, 0.1) is 11.5 Å². The van der Waals surface area contributed by atoms with Crippen LogP contribution in [0.25, 0.3) is 0 Å². The summed E-state index contributed by atoms with van der Waals surface area (Å²) in [6.45, 7) is 3.45. The van der Waals surface area contributed by atoms with Crippen LogP contribution in [0.15, 0.2) is 24.3 Å². The highest BCUT2D eigenvalue weighted by molar-refractivity contribution is 5.94. The van der Waals surface area contributed by atoms with Crippen molar-refractivity contribution in [2.75, 3.05) is 36.0 Å². The van der Waals surface area contributed by atoms with Crippen LogP contribution in [0.3, 0.4) is 0 Å². The van der Waals surface area contributed by atoms with Crippen LogP contribution >= 0.6 is 0 Å². The Bertz CT molecular complexity index is 818. The molecule has 3 aliphatic heterocycles. The van der Waals surface area contributed by atoms with Crippen LogP contribution in [-0.4, -0.2) is 60.1 Å². The van der Waals surface area contributed by atoms with E-state index in [0.29, 0.717) is 18.4 Å². The highest BCUT2D eigenvalue weighted by Gasteiger charge is 2.50. The van der Waals surface area contributed by atoms with Crippen LogP contribution in [0.4, 0.5) is 11.4 Å². The molecule has 1 spiro atoms. The zero-order valence-corrected chi connectivity index (χ0v) is 18.5. The van der Waals surface area contributed by atoms with E-state index in [1.807, 2.05) is 4.90 Å². The van der Waals surface area contributed by atoms with Crippen molar-refractivity contribution in [2.24, 2.45) is 5.41 Å². The van der Waals surface area contributed by atoms with Gasteiger partial charge in [0, 0.05) is 50.0 Å². The number of aliphatic hydroxyl groups is 1. The Morgan fingerprint density at radius 1 is 0.839 bits per heavy atom. The van der Waals surface area contributed by atoms with Gasteiger partial charge in [-0.25, -0.2) is 0 Å². The number of likely N-dealkylation sites (tertiary alicyclic amines) is 1. The molecule has 1 saturated carbocycles. The van der Waals surface area contributed by atoms with Gasteiger partial charge in [0.2, 0.25) is 11.8 Å². The Morgan fingerprint density at radius 2 is 1.58 bits per heavy atom. The zero-order chi connectivity index (χ0) is 21.4. The minimum Gasteiger partial charge on any atom is -0.393 e. The molecule has 1 N–H and O–H groups in total. The topological polar surface area (TPSA) is 64.1 Å². The fraction of sp³-hybridized carbons (Fsp3) is 0.680. The van der Waals surface area contributed by atoms with E-state index in [-0.39, 0.29) is 17.4 Å². The SMILES string of the molecule is O=C1CCCCN1c1ccc(N2CCC[C@@]3(CCN(C4CCC(O)CC4)C3=O)C2)cc1. The van der Waals surface area contributed by atoms with Crippen molar-refractivity contribution in [3.63, 3.8) is 0 Å². The fourth-order valence-corrected chi connectivity index (χ4v) is 6.22. The predicted molar refractivity (Wildman–Crippen MR) is 121 cm³/mol. The summed E-state index contributed by atoms with van der Waals surface area (Å²) in [5.41, 5.74) is 1.89. The molecule has 1 aliphatic carbocycles. The number of nitrogens with zero attached hydrogens (tertiary/aromatic N) is 3. The minimum absolute atomic E-state index is 0.184. The van der Waals surface area contributed by atoms with Gasteiger partial charge < -0.3 is 19.8 Å². The Kier molecular flexibility index (Phi) is 5.67. The first-order valence-electron chi connectivity index (χ1n) is 12.2. The summed E-state index contributed by atoms with van der Waals surface area (Å²) in [7, 11) is 0. The Hall–Kier alpha value is -2.08. The molecule has 0 unspecified atom stereocenters.